The van der Waals surface area contributed by atoms with Gasteiger partial charge < -0.3 is 4.74 Å². The number of aromatic nitrogens is 2. The van der Waals surface area contributed by atoms with Crippen LogP contribution in [0.15, 0.2) is 30.5 Å². The van der Waals surface area contributed by atoms with Gasteiger partial charge in [-0.1, -0.05) is 18.2 Å². The van der Waals surface area contributed by atoms with Gasteiger partial charge in [-0.2, -0.15) is 4.98 Å². The average molecular weight is 240 g/mol. The van der Waals surface area contributed by atoms with Gasteiger partial charge in [0.25, 0.3) is 0 Å². The molecule has 92 valence electrons. The highest BCUT2D eigenvalue weighted by atomic mass is 16.5. The van der Waals surface area contributed by atoms with Crippen molar-refractivity contribution in [2.45, 2.75) is 25.7 Å². The average Bonchev–Trinajstić information content (AvgIpc) is 2.86. The number of nitrogens with zero attached hydrogens (tertiary/aromatic N) is 2. The summed E-state index contributed by atoms with van der Waals surface area (Å²) in [6.45, 7) is 0. The molecule has 18 heavy (non-hydrogen) atoms. The van der Waals surface area contributed by atoms with Crippen LogP contribution in [-0.2, 0) is 19.3 Å². The molecule has 0 spiro atoms. The van der Waals surface area contributed by atoms with Crippen molar-refractivity contribution in [1.29, 1.82) is 0 Å². The molecule has 0 N–H and O–H groups in total. The van der Waals surface area contributed by atoms with E-state index >= 15 is 0 Å². The fourth-order valence-corrected chi connectivity index (χ4v) is 2.50. The van der Waals surface area contributed by atoms with Crippen LogP contribution < -0.4 is 4.74 Å². The second-order valence-corrected chi connectivity index (χ2v) is 4.65. The number of benzene rings is 1. The van der Waals surface area contributed by atoms with Crippen LogP contribution in [0.25, 0.3) is 0 Å². The van der Waals surface area contributed by atoms with Crippen LogP contribution in [0.2, 0.25) is 0 Å². The van der Waals surface area contributed by atoms with Gasteiger partial charge in [0.2, 0.25) is 5.88 Å². The first kappa shape index (κ1) is 11.2. The molecule has 3 nitrogen and oxygen atoms in total. The van der Waals surface area contributed by atoms with E-state index in [2.05, 4.69) is 28.2 Å². The predicted molar refractivity (Wildman–Crippen MR) is 69.9 cm³/mol. The molecule has 0 fully saturated rings. The van der Waals surface area contributed by atoms with Crippen molar-refractivity contribution in [3.8, 4) is 5.88 Å². The van der Waals surface area contributed by atoms with Crippen LogP contribution in [0.1, 0.15) is 28.9 Å². The Morgan fingerprint density at radius 3 is 2.94 bits per heavy atom. The summed E-state index contributed by atoms with van der Waals surface area (Å²) in [7, 11) is 1.63. The van der Waals surface area contributed by atoms with E-state index in [-0.39, 0.29) is 0 Å². The highest BCUT2D eigenvalue weighted by molar-refractivity contribution is 5.36. The first-order valence-corrected chi connectivity index (χ1v) is 6.32. The summed E-state index contributed by atoms with van der Waals surface area (Å²) < 4.78 is 5.12. The first-order chi connectivity index (χ1) is 8.85. The monoisotopic (exact) mass is 240 g/mol. The molecular formula is C15H16N2O. The molecule has 0 bridgehead atoms. The molecule has 0 atom stereocenters. The first-order valence-electron chi connectivity index (χ1n) is 6.32. The summed E-state index contributed by atoms with van der Waals surface area (Å²) in [5.74, 6) is 1.44. The molecular weight excluding hydrogens is 224 g/mol. The van der Waals surface area contributed by atoms with Crippen LogP contribution in [0.4, 0.5) is 0 Å². The van der Waals surface area contributed by atoms with Crippen molar-refractivity contribution in [3.63, 3.8) is 0 Å². The summed E-state index contributed by atoms with van der Waals surface area (Å²) in [6, 6.07) is 8.50. The molecule has 2 aromatic rings. The van der Waals surface area contributed by atoms with Crippen molar-refractivity contribution in [2.24, 2.45) is 0 Å². The minimum Gasteiger partial charge on any atom is -0.481 e. The second-order valence-electron chi connectivity index (χ2n) is 4.65. The molecule has 1 aliphatic rings. The zero-order valence-electron chi connectivity index (χ0n) is 10.5. The highest BCUT2D eigenvalue weighted by Gasteiger charge is 2.11. The maximum absolute atomic E-state index is 5.12. The van der Waals surface area contributed by atoms with Crippen LogP contribution in [0.3, 0.4) is 0 Å². The quantitative estimate of drug-likeness (QED) is 0.827. The van der Waals surface area contributed by atoms with Gasteiger partial charge in [0.1, 0.15) is 5.82 Å². The Morgan fingerprint density at radius 1 is 1.17 bits per heavy atom. The number of hydrogen-bond donors (Lipinski definition) is 0. The minimum absolute atomic E-state index is 0.626. The normalized spacial score (nSPS) is 13.4. The van der Waals surface area contributed by atoms with Gasteiger partial charge in [0.15, 0.2) is 0 Å². The Hall–Kier alpha value is -1.90. The smallest absolute Gasteiger partial charge is 0.216 e. The predicted octanol–water partition coefficient (Wildman–Crippen LogP) is 2.56. The number of aryl methyl sites for hydroxylation is 2. The third-order valence-electron chi connectivity index (χ3n) is 3.41. The van der Waals surface area contributed by atoms with Gasteiger partial charge in [0, 0.05) is 18.7 Å². The Bertz CT molecular complexity index is 566. The Labute approximate surface area is 107 Å². The lowest BCUT2D eigenvalue weighted by Crippen LogP contribution is -1.99. The van der Waals surface area contributed by atoms with Gasteiger partial charge in [0.05, 0.1) is 7.11 Å². The molecule has 0 radical (unpaired) electrons. The molecule has 0 saturated heterocycles. The van der Waals surface area contributed by atoms with Crippen LogP contribution >= 0.6 is 0 Å². The number of ether oxygens (including phenoxy) is 1. The van der Waals surface area contributed by atoms with Crippen molar-refractivity contribution < 1.29 is 4.74 Å². The number of methoxy groups -OCH3 is 1. The topological polar surface area (TPSA) is 35.0 Å². The summed E-state index contributed by atoms with van der Waals surface area (Å²) >= 11 is 0. The van der Waals surface area contributed by atoms with Crippen molar-refractivity contribution >= 4 is 0 Å². The fourth-order valence-electron chi connectivity index (χ4n) is 2.50. The minimum atomic E-state index is 0.626. The zero-order chi connectivity index (χ0) is 12.4. The maximum atomic E-state index is 5.12. The standard InChI is InChI=1S/C15H16N2O/c1-18-15-7-8-16-14(17-15)10-11-5-6-12-3-2-4-13(12)9-11/h5-9H,2-4,10H2,1H3. The lowest BCUT2D eigenvalue weighted by molar-refractivity contribution is 0.395. The molecule has 1 aliphatic carbocycles. The van der Waals surface area contributed by atoms with Gasteiger partial charge in [-0.15, -0.1) is 0 Å². The van der Waals surface area contributed by atoms with E-state index in [9.17, 15) is 0 Å². The van der Waals surface area contributed by atoms with E-state index in [1.807, 2.05) is 0 Å². The summed E-state index contributed by atoms with van der Waals surface area (Å²) in [6.07, 6.45) is 6.24. The molecule has 3 heteroatoms. The third-order valence-corrected chi connectivity index (χ3v) is 3.41. The van der Waals surface area contributed by atoms with Gasteiger partial charge in [-0.05, 0) is 36.0 Å². The van der Waals surface area contributed by atoms with Crippen LogP contribution in [-0.4, -0.2) is 17.1 Å². The van der Waals surface area contributed by atoms with Crippen LogP contribution in [0, 0.1) is 0 Å². The van der Waals surface area contributed by atoms with E-state index < -0.39 is 0 Å². The van der Waals surface area contributed by atoms with Gasteiger partial charge in [-0.25, -0.2) is 4.98 Å². The lowest BCUT2D eigenvalue weighted by atomic mass is 10.0. The van der Waals surface area contributed by atoms with E-state index in [0.29, 0.717) is 5.88 Å². The van der Waals surface area contributed by atoms with E-state index in [0.717, 1.165) is 12.2 Å². The van der Waals surface area contributed by atoms with Gasteiger partial charge in [-0.3, -0.25) is 0 Å². The molecule has 0 saturated carbocycles. The van der Waals surface area contributed by atoms with E-state index in [1.165, 1.54) is 36.0 Å². The summed E-state index contributed by atoms with van der Waals surface area (Å²) in [5, 5.41) is 0. The SMILES string of the molecule is COc1ccnc(Cc2ccc3c(c2)CCC3)n1. The lowest BCUT2D eigenvalue weighted by Gasteiger charge is -2.05. The molecule has 0 unspecified atom stereocenters. The van der Waals surface area contributed by atoms with Crippen molar-refractivity contribution in [3.05, 3.63) is 53.0 Å². The molecule has 0 amide bonds. The molecule has 1 heterocycles. The van der Waals surface area contributed by atoms with E-state index in [1.54, 1.807) is 19.4 Å². The zero-order valence-corrected chi connectivity index (χ0v) is 10.5. The molecule has 1 aromatic heterocycles. The largest absolute Gasteiger partial charge is 0.481 e. The molecule has 0 aliphatic heterocycles. The molecule has 3 rings (SSSR count). The summed E-state index contributed by atoms with van der Waals surface area (Å²) in [4.78, 5) is 8.63. The van der Waals surface area contributed by atoms with Crippen molar-refractivity contribution in [1.82, 2.24) is 9.97 Å². The van der Waals surface area contributed by atoms with Crippen LogP contribution in [0.5, 0.6) is 5.88 Å². The summed E-state index contributed by atoms with van der Waals surface area (Å²) in [5.41, 5.74) is 4.28. The number of fused-ring (bicyclic) bond motifs is 1. The Balaban J connectivity index is 1.83. The third kappa shape index (κ3) is 2.21. The van der Waals surface area contributed by atoms with Crippen molar-refractivity contribution in [2.75, 3.05) is 7.11 Å². The Kier molecular flexibility index (Phi) is 2.97. The Morgan fingerprint density at radius 2 is 2.06 bits per heavy atom. The fraction of sp³-hybridized carbons (Fsp3) is 0.333. The maximum Gasteiger partial charge on any atom is 0.216 e. The number of hydrogen-bond acceptors (Lipinski definition) is 3. The second kappa shape index (κ2) is 4.77. The van der Waals surface area contributed by atoms with Gasteiger partial charge >= 0.3 is 0 Å². The highest BCUT2D eigenvalue weighted by Crippen LogP contribution is 2.23. The molecule has 1 aromatic carbocycles. The number of rotatable bonds is 3. The van der Waals surface area contributed by atoms with E-state index in [4.69, 9.17) is 4.74 Å².